The molecule has 1 aromatic heterocycles. The molecular weight excluding hydrogens is 307 g/mol. The second-order valence-corrected chi connectivity index (χ2v) is 5.20. The second-order valence-electron chi connectivity index (χ2n) is 5.20. The zero-order chi connectivity index (χ0) is 16.9. The third-order valence-electron chi connectivity index (χ3n) is 3.54. The molecule has 3 rings (SSSR count). The van der Waals surface area contributed by atoms with Gasteiger partial charge in [0, 0.05) is 36.5 Å². The Labute approximate surface area is 138 Å². The van der Waals surface area contributed by atoms with Gasteiger partial charge in [-0.05, 0) is 48.5 Å². The summed E-state index contributed by atoms with van der Waals surface area (Å²) in [5.41, 5.74) is 3.05. The first kappa shape index (κ1) is 15.6. The van der Waals surface area contributed by atoms with Crippen LogP contribution in [-0.4, -0.2) is 17.9 Å². The Kier molecular flexibility index (Phi) is 4.47. The van der Waals surface area contributed by atoms with Crippen molar-refractivity contribution in [2.75, 3.05) is 23.0 Å². The molecule has 0 bridgehead atoms. The van der Waals surface area contributed by atoms with Gasteiger partial charge < -0.3 is 20.9 Å². The molecular formula is C18H17FN4O. The monoisotopic (exact) mass is 324 g/mol. The van der Waals surface area contributed by atoms with Crippen LogP contribution in [0.4, 0.5) is 27.1 Å². The Hall–Kier alpha value is -3.28. The SMILES string of the molecule is CNc1ccc(Nc2ccc(NC(=O)c3cc[nH]c3)cc2)c(F)c1. The average molecular weight is 324 g/mol. The molecule has 6 heteroatoms. The molecule has 2 aromatic carbocycles. The first-order valence-corrected chi connectivity index (χ1v) is 7.44. The van der Waals surface area contributed by atoms with E-state index in [2.05, 4.69) is 20.9 Å². The molecule has 24 heavy (non-hydrogen) atoms. The van der Waals surface area contributed by atoms with E-state index in [0.717, 1.165) is 5.69 Å². The number of hydrogen-bond acceptors (Lipinski definition) is 3. The summed E-state index contributed by atoms with van der Waals surface area (Å²) < 4.78 is 14.0. The lowest BCUT2D eigenvalue weighted by atomic mass is 10.2. The molecule has 122 valence electrons. The van der Waals surface area contributed by atoms with E-state index < -0.39 is 0 Å². The van der Waals surface area contributed by atoms with Gasteiger partial charge >= 0.3 is 0 Å². The molecule has 0 saturated carbocycles. The summed E-state index contributed by atoms with van der Waals surface area (Å²) >= 11 is 0. The Morgan fingerprint density at radius 2 is 1.71 bits per heavy atom. The summed E-state index contributed by atoms with van der Waals surface area (Å²) in [5.74, 6) is -0.530. The summed E-state index contributed by atoms with van der Waals surface area (Å²) in [4.78, 5) is 14.8. The van der Waals surface area contributed by atoms with Crippen molar-refractivity contribution in [2.24, 2.45) is 0 Å². The molecule has 0 aliphatic carbocycles. The fraction of sp³-hybridized carbons (Fsp3) is 0.0556. The first-order chi connectivity index (χ1) is 11.7. The molecule has 4 N–H and O–H groups in total. The highest BCUT2D eigenvalue weighted by molar-refractivity contribution is 6.04. The maximum atomic E-state index is 14.0. The van der Waals surface area contributed by atoms with E-state index in [1.165, 1.54) is 6.07 Å². The van der Waals surface area contributed by atoms with Gasteiger partial charge in [-0.25, -0.2) is 4.39 Å². The molecule has 0 unspecified atom stereocenters. The second kappa shape index (κ2) is 6.87. The number of aromatic amines is 1. The third-order valence-corrected chi connectivity index (χ3v) is 3.54. The summed E-state index contributed by atoms with van der Waals surface area (Å²) in [6.07, 6.45) is 3.32. The Morgan fingerprint density at radius 1 is 1.00 bits per heavy atom. The topological polar surface area (TPSA) is 68.9 Å². The quantitative estimate of drug-likeness (QED) is 0.569. The van der Waals surface area contributed by atoms with Gasteiger partial charge in [0.05, 0.1) is 11.3 Å². The predicted octanol–water partition coefficient (Wildman–Crippen LogP) is 4.19. The highest BCUT2D eigenvalue weighted by atomic mass is 19.1. The van der Waals surface area contributed by atoms with E-state index in [-0.39, 0.29) is 11.7 Å². The van der Waals surface area contributed by atoms with Gasteiger partial charge in [0.25, 0.3) is 5.91 Å². The van der Waals surface area contributed by atoms with Crippen molar-refractivity contribution < 1.29 is 9.18 Å². The fourth-order valence-corrected chi connectivity index (χ4v) is 2.23. The summed E-state index contributed by atoms with van der Waals surface area (Å²) in [6, 6.07) is 13.6. The van der Waals surface area contributed by atoms with Crippen LogP contribution in [0.2, 0.25) is 0 Å². The number of amides is 1. The maximum absolute atomic E-state index is 14.0. The molecule has 0 aliphatic rings. The van der Waals surface area contributed by atoms with Crippen LogP contribution in [0, 0.1) is 5.82 Å². The Balaban J connectivity index is 1.67. The molecule has 0 radical (unpaired) electrons. The van der Waals surface area contributed by atoms with Crippen LogP contribution in [0.25, 0.3) is 0 Å². The molecule has 1 heterocycles. The van der Waals surface area contributed by atoms with E-state index in [1.807, 2.05) is 0 Å². The zero-order valence-electron chi connectivity index (χ0n) is 13.1. The van der Waals surface area contributed by atoms with Crippen LogP contribution in [-0.2, 0) is 0 Å². The van der Waals surface area contributed by atoms with E-state index in [0.29, 0.717) is 22.6 Å². The van der Waals surface area contributed by atoms with E-state index >= 15 is 0 Å². The van der Waals surface area contributed by atoms with Crippen LogP contribution in [0.5, 0.6) is 0 Å². The average Bonchev–Trinajstić information content (AvgIpc) is 3.13. The zero-order valence-corrected chi connectivity index (χ0v) is 13.1. The van der Waals surface area contributed by atoms with E-state index in [9.17, 15) is 9.18 Å². The number of anilines is 4. The number of nitrogens with one attached hydrogen (secondary N) is 4. The van der Waals surface area contributed by atoms with Gasteiger partial charge in [0.1, 0.15) is 5.82 Å². The molecule has 0 aliphatic heterocycles. The fourth-order valence-electron chi connectivity index (χ4n) is 2.23. The van der Waals surface area contributed by atoms with Gasteiger partial charge in [-0.1, -0.05) is 0 Å². The van der Waals surface area contributed by atoms with Crippen molar-refractivity contribution >= 4 is 28.7 Å². The van der Waals surface area contributed by atoms with Crippen molar-refractivity contribution in [3.8, 4) is 0 Å². The minimum Gasteiger partial charge on any atom is -0.388 e. The van der Waals surface area contributed by atoms with Crippen molar-refractivity contribution in [1.82, 2.24) is 4.98 Å². The number of H-pyrrole nitrogens is 1. The molecule has 5 nitrogen and oxygen atoms in total. The first-order valence-electron chi connectivity index (χ1n) is 7.44. The normalized spacial score (nSPS) is 10.2. The lowest BCUT2D eigenvalue weighted by Gasteiger charge is -2.10. The highest BCUT2D eigenvalue weighted by Crippen LogP contribution is 2.24. The lowest BCUT2D eigenvalue weighted by Crippen LogP contribution is -2.10. The summed E-state index contributed by atoms with van der Waals surface area (Å²) in [7, 11) is 1.74. The van der Waals surface area contributed by atoms with Crippen molar-refractivity contribution in [2.45, 2.75) is 0 Å². The number of aromatic nitrogens is 1. The van der Waals surface area contributed by atoms with Crippen LogP contribution >= 0.6 is 0 Å². The van der Waals surface area contributed by atoms with E-state index in [1.54, 1.807) is 61.9 Å². The smallest absolute Gasteiger partial charge is 0.257 e. The van der Waals surface area contributed by atoms with Gasteiger partial charge in [0.15, 0.2) is 0 Å². The van der Waals surface area contributed by atoms with Crippen molar-refractivity contribution in [1.29, 1.82) is 0 Å². The van der Waals surface area contributed by atoms with Crippen LogP contribution in [0.3, 0.4) is 0 Å². The number of carbonyl (C=O) groups is 1. The van der Waals surface area contributed by atoms with E-state index in [4.69, 9.17) is 0 Å². The van der Waals surface area contributed by atoms with Gasteiger partial charge in [-0.3, -0.25) is 4.79 Å². The van der Waals surface area contributed by atoms with Crippen LogP contribution < -0.4 is 16.0 Å². The van der Waals surface area contributed by atoms with Crippen molar-refractivity contribution in [3.63, 3.8) is 0 Å². The van der Waals surface area contributed by atoms with Crippen LogP contribution in [0.1, 0.15) is 10.4 Å². The Morgan fingerprint density at radius 3 is 2.33 bits per heavy atom. The van der Waals surface area contributed by atoms with Crippen LogP contribution in [0.15, 0.2) is 60.9 Å². The maximum Gasteiger partial charge on any atom is 0.257 e. The lowest BCUT2D eigenvalue weighted by molar-refractivity contribution is 0.102. The predicted molar refractivity (Wildman–Crippen MR) is 94.4 cm³/mol. The van der Waals surface area contributed by atoms with Crippen molar-refractivity contribution in [3.05, 3.63) is 72.3 Å². The van der Waals surface area contributed by atoms with Gasteiger partial charge in [-0.15, -0.1) is 0 Å². The number of halogens is 1. The minimum absolute atomic E-state index is 0.189. The largest absolute Gasteiger partial charge is 0.388 e. The summed E-state index contributed by atoms with van der Waals surface area (Å²) in [5, 5.41) is 8.69. The molecule has 0 fully saturated rings. The molecule has 0 saturated heterocycles. The number of hydrogen-bond donors (Lipinski definition) is 4. The van der Waals surface area contributed by atoms with Gasteiger partial charge in [-0.2, -0.15) is 0 Å². The molecule has 0 spiro atoms. The number of carbonyl (C=O) groups excluding carboxylic acids is 1. The molecule has 3 aromatic rings. The molecule has 1 amide bonds. The van der Waals surface area contributed by atoms with Gasteiger partial charge in [0.2, 0.25) is 0 Å². The number of benzene rings is 2. The Bertz CT molecular complexity index is 829. The third kappa shape index (κ3) is 3.55. The molecule has 0 atom stereocenters. The number of rotatable bonds is 5. The standard InChI is InChI=1S/C18H17FN4O/c1-20-15-6-7-17(16(19)10-15)22-13-2-4-14(5-3-13)23-18(24)12-8-9-21-11-12/h2-11,20-22H,1H3,(H,23,24). The minimum atomic E-state index is -0.341. The highest BCUT2D eigenvalue weighted by Gasteiger charge is 2.07. The summed E-state index contributed by atoms with van der Waals surface area (Å²) in [6.45, 7) is 0.